The molecule has 104 valence electrons. The number of amides is 1. The highest BCUT2D eigenvalue weighted by atomic mass is 16.5. The molecule has 5 heteroatoms. The van der Waals surface area contributed by atoms with Gasteiger partial charge in [-0.1, -0.05) is 12.1 Å². The Hall–Kier alpha value is -1.59. The largest absolute Gasteiger partial charge is 0.481 e. The van der Waals surface area contributed by atoms with Gasteiger partial charge in [-0.15, -0.1) is 0 Å². The molecule has 0 saturated carbocycles. The SMILES string of the molecule is CC(Oc1ccc(CN)cc1)C(=O)N1CCOCC1. The normalized spacial score (nSPS) is 17.1. The lowest BCUT2D eigenvalue weighted by Gasteiger charge is -2.29. The maximum atomic E-state index is 12.2. The highest BCUT2D eigenvalue weighted by molar-refractivity contribution is 5.81. The van der Waals surface area contributed by atoms with Crippen LogP contribution < -0.4 is 10.5 Å². The van der Waals surface area contributed by atoms with Gasteiger partial charge in [0.1, 0.15) is 5.75 Å². The number of carbonyl (C=O) groups is 1. The molecule has 1 aromatic rings. The first-order valence-corrected chi connectivity index (χ1v) is 6.53. The van der Waals surface area contributed by atoms with Gasteiger partial charge in [-0.2, -0.15) is 0 Å². The minimum Gasteiger partial charge on any atom is -0.481 e. The summed E-state index contributed by atoms with van der Waals surface area (Å²) < 4.78 is 10.9. The molecule has 0 aromatic heterocycles. The molecular formula is C14H20N2O3. The van der Waals surface area contributed by atoms with Gasteiger partial charge in [0.25, 0.3) is 5.91 Å². The summed E-state index contributed by atoms with van der Waals surface area (Å²) >= 11 is 0. The van der Waals surface area contributed by atoms with Gasteiger partial charge in [0.05, 0.1) is 13.2 Å². The number of ether oxygens (including phenoxy) is 2. The third kappa shape index (κ3) is 3.68. The first-order valence-electron chi connectivity index (χ1n) is 6.53. The van der Waals surface area contributed by atoms with Gasteiger partial charge < -0.3 is 20.1 Å². The van der Waals surface area contributed by atoms with Crippen molar-refractivity contribution in [2.24, 2.45) is 5.73 Å². The second-order valence-corrected chi connectivity index (χ2v) is 4.55. The number of nitrogens with two attached hydrogens (primary N) is 1. The minimum absolute atomic E-state index is 0.00574. The van der Waals surface area contributed by atoms with Crippen LogP contribution in [0.25, 0.3) is 0 Å². The zero-order valence-corrected chi connectivity index (χ0v) is 11.2. The minimum atomic E-state index is -0.484. The Labute approximate surface area is 113 Å². The molecule has 1 aliphatic heterocycles. The highest BCUT2D eigenvalue weighted by Crippen LogP contribution is 2.15. The molecule has 0 spiro atoms. The van der Waals surface area contributed by atoms with E-state index < -0.39 is 6.10 Å². The number of carbonyl (C=O) groups excluding carboxylic acids is 1. The summed E-state index contributed by atoms with van der Waals surface area (Å²) in [6.07, 6.45) is -0.484. The van der Waals surface area contributed by atoms with E-state index in [4.69, 9.17) is 15.2 Å². The molecule has 1 heterocycles. The van der Waals surface area contributed by atoms with Crippen molar-refractivity contribution in [3.05, 3.63) is 29.8 Å². The van der Waals surface area contributed by atoms with Crippen LogP contribution in [0.2, 0.25) is 0 Å². The Kier molecular flexibility index (Phi) is 4.76. The van der Waals surface area contributed by atoms with Crippen molar-refractivity contribution in [1.82, 2.24) is 4.90 Å². The number of hydrogen-bond acceptors (Lipinski definition) is 4. The van der Waals surface area contributed by atoms with Crippen LogP contribution in [0.5, 0.6) is 5.75 Å². The van der Waals surface area contributed by atoms with E-state index in [1.54, 1.807) is 11.8 Å². The monoisotopic (exact) mass is 264 g/mol. The van der Waals surface area contributed by atoms with E-state index in [-0.39, 0.29) is 5.91 Å². The molecule has 1 fully saturated rings. The topological polar surface area (TPSA) is 64.8 Å². The van der Waals surface area contributed by atoms with Crippen LogP contribution in [0.15, 0.2) is 24.3 Å². The van der Waals surface area contributed by atoms with Crippen LogP contribution in [-0.2, 0) is 16.1 Å². The number of benzene rings is 1. The summed E-state index contributed by atoms with van der Waals surface area (Å²) in [4.78, 5) is 13.9. The molecule has 1 atom stereocenters. The molecule has 0 bridgehead atoms. The number of rotatable bonds is 4. The van der Waals surface area contributed by atoms with Gasteiger partial charge in [-0.3, -0.25) is 4.79 Å². The summed E-state index contributed by atoms with van der Waals surface area (Å²) in [5.41, 5.74) is 6.57. The molecule has 1 aromatic carbocycles. The summed E-state index contributed by atoms with van der Waals surface area (Å²) in [6.45, 7) is 4.75. The Morgan fingerprint density at radius 1 is 1.37 bits per heavy atom. The van der Waals surface area contributed by atoms with Crippen molar-refractivity contribution in [2.45, 2.75) is 19.6 Å². The van der Waals surface area contributed by atoms with Gasteiger partial charge >= 0.3 is 0 Å². The first-order chi connectivity index (χ1) is 9.20. The van der Waals surface area contributed by atoms with Crippen molar-refractivity contribution in [2.75, 3.05) is 26.3 Å². The lowest BCUT2D eigenvalue weighted by Crippen LogP contribution is -2.46. The lowest BCUT2D eigenvalue weighted by molar-refractivity contribution is -0.142. The smallest absolute Gasteiger partial charge is 0.263 e. The predicted molar refractivity (Wildman–Crippen MR) is 71.8 cm³/mol. The van der Waals surface area contributed by atoms with Crippen LogP contribution in [0.1, 0.15) is 12.5 Å². The maximum absolute atomic E-state index is 12.2. The van der Waals surface area contributed by atoms with Crippen LogP contribution in [0.3, 0.4) is 0 Å². The third-order valence-corrected chi connectivity index (χ3v) is 3.14. The Morgan fingerprint density at radius 3 is 2.58 bits per heavy atom. The van der Waals surface area contributed by atoms with E-state index in [2.05, 4.69) is 0 Å². The van der Waals surface area contributed by atoms with Crippen LogP contribution in [0, 0.1) is 0 Å². The predicted octanol–water partition coefficient (Wildman–Crippen LogP) is 0.771. The summed E-state index contributed by atoms with van der Waals surface area (Å²) in [7, 11) is 0. The maximum Gasteiger partial charge on any atom is 0.263 e. The van der Waals surface area contributed by atoms with Crippen LogP contribution in [0.4, 0.5) is 0 Å². The van der Waals surface area contributed by atoms with Crippen LogP contribution >= 0.6 is 0 Å². The zero-order valence-electron chi connectivity index (χ0n) is 11.2. The van der Waals surface area contributed by atoms with Crippen LogP contribution in [-0.4, -0.2) is 43.2 Å². The van der Waals surface area contributed by atoms with Crippen molar-refractivity contribution < 1.29 is 14.3 Å². The van der Waals surface area contributed by atoms with E-state index in [0.717, 1.165) is 5.56 Å². The van der Waals surface area contributed by atoms with Crippen molar-refractivity contribution in [1.29, 1.82) is 0 Å². The highest BCUT2D eigenvalue weighted by Gasteiger charge is 2.23. The van der Waals surface area contributed by atoms with E-state index in [1.165, 1.54) is 0 Å². The molecule has 0 radical (unpaired) electrons. The van der Waals surface area contributed by atoms with Gasteiger partial charge in [0, 0.05) is 19.6 Å². The molecule has 1 unspecified atom stereocenters. The van der Waals surface area contributed by atoms with Gasteiger partial charge in [-0.25, -0.2) is 0 Å². The first kappa shape index (κ1) is 13.8. The zero-order chi connectivity index (χ0) is 13.7. The fourth-order valence-electron chi connectivity index (χ4n) is 2.00. The second kappa shape index (κ2) is 6.54. The average molecular weight is 264 g/mol. The number of nitrogens with zero attached hydrogens (tertiary/aromatic N) is 1. The molecule has 1 saturated heterocycles. The number of hydrogen-bond donors (Lipinski definition) is 1. The lowest BCUT2D eigenvalue weighted by atomic mass is 10.2. The standard InChI is InChI=1S/C14H20N2O3/c1-11(14(17)16-6-8-18-9-7-16)19-13-4-2-12(10-15)3-5-13/h2-5,11H,6-10,15H2,1H3. The number of morpholine rings is 1. The van der Waals surface area contributed by atoms with Gasteiger partial charge in [-0.05, 0) is 24.6 Å². The Morgan fingerprint density at radius 2 is 2.00 bits per heavy atom. The summed E-state index contributed by atoms with van der Waals surface area (Å²) in [5.74, 6) is 0.692. The van der Waals surface area contributed by atoms with Gasteiger partial charge in [0.15, 0.2) is 6.10 Å². The molecule has 1 amide bonds. The van der Waals surface area contributed by atoms with Gasteiger partial charge in [0.2, 0.25) is 0 Å². The summed E-state index contributed by atoms with van der Waals surface area (Å²) in [5, 5.41) is 0. The molecule has 2 N–H and O–H groups in total. The van der Waals surface area contributed by atoms with E-state index in [9.17, 15) is 4.79 Å². The second-order valence-electron chi connectivity index (χ2n) is 4.55. The molecule has 19 heavy (non-hydrogen) atoms. The average Bonchev–Trinajstić information content (AvgIpc) is 2.48. The quantitative estimate of drug-likeness (QED) is 0.872. The molecule has 0 aliphatic carbocycles. The summed E-state index contributed by atoms with van der Waals surface area (Å²) in [6, 6.07) is 7.49. The third-order valence-electron chi connectivity index (χ3n) is 3.14. The van der Waals surface area contributed by atoms with E-state index >= 15 is 0 Å². The Balaban J connectivity index is 1.91. The molecular weight excluding hydrogens is 244 g/mol. The van der Waals surface area contributed by atoms with Crippen molar-refractivity contribution >= 4 is 5.91 Å². The molecule has 5 nitrogen and oxygen atoms in total. The van der Waals surface area contributed by atoms with E-state index in [0.29, 0.717) is 38.6 Å². The fraction of sp³-hybridized carbons (Fsp3) is 0.500. The van der Waals surface area contributed by atoms with Crippen molar-refractivity contribution in [3.63, 3.8) is 0 Å². The molecule has 1 aliphatic rings. The Bertz CT molecular complexity index is 413. The molecule has 2 rings (SSSR count). The van der Waals surface area contributed by atoms with Crippen molar-refractivity contribution in [3.8, 4) is 5.75 Å². The fourth-order valence-corrected chi connectivity index (χ4v) is 2.00. The van der Waals surface area contributed by atoms with E-state index in [1.807, 2.05) is 24.3 Å².